The summed E-state index contributed by atoms with van der Waals surface area (Å²) in [6, 6.07) is 17.3. The molecule has 0 fully saturated rings. The molecule has 1 N–H and O–H groups in total. The van der Waals surface area contributed by atoms with Crippen LogP contribution >= 0.6 is 11.3 Å². The van der Waals surface area contributed by atoms with E-state index in [9.17, 15) is 4.79 Å². The fourth-order valence-corrected chi connectivity index (χ4v) is 3.69. The highest BCUT2D eigenvalue weighted by atomic mass is 32.1. The third kappa shape index (κ3) is 2.58. The Bertz CT molecular complexity index is 1290. The SMILES string of the molecule is O=c1ccc2cc(Cn3nnc4ccc(-c5cccs5)nc43)ccc2[nH]1. The number of aromatic amines is 1. The summed E-state index contributed by atoms with van der Waals surface area (Å²) in [6.45, 7) is 0.562. The maximum Gasteiger partial charge on any atom is 0.248 e. The fourth-order valence-electron chi connectivity index (χ4n) is 3.00. The highest BCUT2D eigenvalue weighted by molar-refractivity contribution is 7.13. The number of fused-ring (bicyclic) bond motifs is 2. The third-order valence-corrected chi connectivity index (χ3v) is 5.15. The van der Waals surface area contributed by atoms with E-state index in [-0.39, 0.29) is 5.56 Å². The van der Waals surface area contributed by atoms with E-state index in [4.69, 9.17) is 4.98 Å². The van der Waals surface area contributed by atoms with Gasteiger partial charge in [0.15, 0.2) is 5.65 Å². The van der Waals surface area contributed by atoms with E-state index >= 15 is 0 Å². The molecular weight excluding hydrogens is 346 g/mol. The smallest absolute Gasteiger partial charge is 0.248 e. The van der Waals surface area contributed by atoms with Gasteiger partial charge in [-0.05, 0) is 52.7 Å². The Morgan fingerprint density at radius 2 is 2.04 bits per heavy atom. The van der Waals surface area contributed by atoms with Crippen LogP contribution in [0, 0.1) is 0 Å². The first-order chi connectivity index (χ1) is 12.8. The number of hydrogen-bond acceptors (Lipinski definition) is 5. The minimum Gasteiger partial charge on any atom is -0.322 e. The zero-order chi connectivity index (χ0) is 17.5. The molecule has 6 nitrogen and oxygen atoms in total. The molecule has 5 rings (SSSR count). The molecule has 7 heteroatoms. The summed E-state index contributed by atoms with van der Waals surface area (Å²) in [4.78, 5) is 20.1. The van der Waals surface area contributed by atoms with Gasteiger partial charge in [0, 0.05) is 11.6 Å². The van der Waals surface area contributed by atoms with Crippen LogP contribution in [0.4, 0.5) is 0 Å². The first-order valence-electron chi connectivity index (χ1n) is 8.12. The van der Waals surface area contributed by atoms with E-state index in [0.29, 0.717) is 6.54 Å². The third-order valence-electron chi connectivity index (χ3n) is 4.25. The van der Waals surface area contributed by atoms with E-state index in [1.807, 2.05) is 47.8 Å². The van der Waals surface area contributed by atoms with Gasteiger partial charge in [0.1, 0.15) is 5.52 Å². The number of aromatic nitrogens is 5. The quantitative estimate of drug-likeness (QED) is 0.535. The first kappa shape index (κ1) is 15.0. The largest absolute Gasteiger partial charge is 0.322 e. The van der Waals surface area contributed by atoms with Gasteiger partial charge in [-0.2, -0.15) is 0 Å². The molecule has 126 valence electrons. The van der Waals surface area contributed by atoms with Crippen LogP contribution in [0.5, 0.6) is 0 Å². The maximum absolute atomic E-state index is 11.4. The Kier molecular flexibility index (Phi) is 3.39. The summed E-state index contributed by atoms with van der Waals surface area (Å²) in [7, 11) is 0. The van der Waals surface area contributed by atoms with Gasteiger partial charge in [-0.25, -0.2) is 9.67 Å². The second-order valence-electron chi connectivity index (χ2n) is 6.01. The topological polar surface area (TPSA) is 76.5 Å². The number of hydrogen-bond donors (Lipinski definition) is 1. The zero-order valence-corrected chi connectivity index (χ0v) is 14.4. The molecule has 0 saturated carbocycles. The van der Waals surface area contributed by atoms with Gasteiger partial charge < -0.3 is 4.98 Å². The van der Waals surface area contributed by atoms with Crippen LogP contribution in [-0.4, -0.2) is 25.0 Å². The zero-order valence-electron chi connectivity index (χ0n) is 13.6. The lowest BCUT2D eigenvalue weighted by Gasteiger charge is -2.05. The van der Waals surface area contributed by atoms with Crippen molar-refractivity contribution < 1.29 is 0 Å². The van der Waals surface area contributed by atoms with Crippen molar-refractivity contribution >= 4 is 33.4 Å². The molecule has 4 aromatic heterocycles. The molecule has 5 aromatic rings. The van der Waals surface area contributed by atoms with Gasteiger partial charge in [-0.15, -0.1) is 16.4 Å². The Morgan fingerprint density at radius 3 is 2.92 bits per heavy atom. The average molecular weight is 359 g/mol. The molecule has 0 aliphatic carbocycles. The Labute approximate surface area is 151 Å². The van der Waals surface area contributed by atoms with Crippen molar-refractivity contribution in [2.75, 3.05) is 0 Å². The minimum atomic E-state index is -0.0992. The van der Waals surface area contributed by atoms with Crippen LogP contribution in [0.1, 0.15) is 5.56 Å². The number of pyridine rings is 2. The minimum absolute atomic E-state index is 0.0992. The van der Waals surface area contributed by atoms with Crippen LogP contribution in [0.25, 0.3) is 32.6 Å². The number of thiophene rings is 1. The molecule has 0 aliphatic rings. The second kappa shape index (κ2) is 5.89. The Hall–Kier alpha value is -3.32. The van der Waals surface area contributed by atoms with E-state index in [2.05, 4.69) is 21.4 Å². The summed E-state index contributed by atoms with van der Waals surface area (Å²) < 4.78 is 1.80. The van der Waals surface area contributed by atoms with Crippen LogP contribution in [0.3, 0.4) is 0 Å². The van der Waals surface area contributed by atoms with E-state index in [1.54, 1.807) is 16.0 Å². The number of nitrogens with zero attached hydrogens (tertiary/aromatic N) is 4. The van der Waals surface area contributed by atoms with Crippen molar-refractivity contribution in [3.63, 3.8) is 0 Å². The standard InChI is InChI=1S/C19H13N5OS/c25-18-8-4-13-10-12(3-5-14(13)20-18)11-24-19-16(22-23-24)7-6-15(21-19)17-2-1-9-26-17/h1-10H,11H2,(H,20,25). The molecule has 4 heterocycles. The van der Waals surface area contributed by atoms with E-state index < -0.39 is 0 Å². The van der Waals surface area contributed by atoms with Gasteiger partial charge in [0.05, 0.1) is 17.1 Å². The van der Waals surface area contributed by atoms with Crippen molar-refractivity contribution in [2.24, 2.45) is 0 Å². The molecule has 0 bridgehead atoms. The lowest BCUT2D eigenvalue weighted by atomic mass is 10.1. The van der Waals surface area contributed by atoms with Crippen molar-refractivity contribution in [2.45, 2.75) is 6.54 Å². The van der Waals surface area contributed by atoms with Crippen molar-refractivity contribution in [1.82, 2.24) is 25.0 Å². The lowest BCUT2D eigenvalue weighted by molar-refractivity contribution is 0.665. The van der Waals surface area contributed by atoms with Gasteiger partial charge in [0.25, 0.3) is 0 Å². The monoisotopic (exact) mass is 359 g/mol. The van der Waals surface area contributed by atoms with Crippen molar-refractivity contribution in [3.05, 3.63) is 75.9 Å². The van der Waals surface area contributed by atoms with Crippen molar-refractivity contribution in [3.8, 4) is 10.6 Å². The van der Waals surface area contributed by atoms with Crippen LogP contribution in [0.15, 0.2) is 64.8 Å². The predicted molar refractivity (Wildman–Crippen MR) is 102 cm³/mol. The van der Waals surface area contributed by atoms with Gasteiger partial charge in [-0.1, -0.05) is 17.3 Å². The number of nitrogens with one attached hydrogen (secondary N) is 1. The predicted octanol–water partition coefficient (Wildman–Crippen LogP) is 3.44. The van der Waals surface area contributed by atoms with E-state index in [0.717, 1.165) is 38.2 Å². The van der Waals surface area contributed by atoms with Gasteiger partial charge in [-0.3, -0.25) is 4.79 Å². The normalized spacial score (nSPS) is 11.4. The maximum atomic E-state index is 11.4. The second-order valence-corrected chi connectivity index (χ2v) is 6.96. The molecule has 0 aliphatic heterocycles. The number of H-pyrrole nitrogens is 1. The summed E-state index contributed by atoms with van der Waals surface area (Å²) in [5, 5.41) is 11.5. The van der Waals surface area contributed by atoms with Crippen molar-refractivity contribution in [1.29, 1.82) is 0 Å². The summed E-state index contributed by atoms with van der Waals surface area (Å²) in [5.74, 6) is 0. The Morgan fingerprint density at radius 1 is 1.08 bits per heavy atom. The Balaban J connectivity index is 1.55. The molecular formula is C19H13N5OS. The molecule has 0 saturated heterocycles. The van der Waals surface area contributed by atoms with Crippen LogP contribution in [0.2, 0.25) is 0 Å². The molecule has 1 aromatic carbocycles. The van der Waals surface area contributed by atoms with Gasteiger partial charge in [0.2, 0.25) is 5.56 Å². The molecule has 0 atom stereocenters. The highest BCUT2D eigenvalue weighted by Crippen LogP contribution is 2.24. The van der Waals surface area contributed by atoms with Gasteiger partial charge >= 0.3 is 0 Å². The molecule has 0 amide bonds. The average Bonchev–Trinajstić information content (AvgIpc) is 3.32. The molecule has 0 unspecified atom stereocenters. The molecule has 0 radical (unpaired) electrons. The highest BCUT2D eigenvalue weighted by Gasteiger charge is 2.10. The van der Waals surface area contributed by atoms with Crippen LogP contribution in [-0.2, 0) is 6.54 Å². The van der Waals surface area contributed by atoms with E-state index in [1.165, 1.54) is 6.07 Å². The van der Waals surface area contributed by atoms with Crippen LogP contribution < -0.4 is 5.56 Å². The first-order valence-corrected chi connectivity index (χ1v) is 9.00. The number of benzene rings is 1. The molecule has 0 spiro atoms. The fraction of sp³-hybridized carbons (Fsp3) is 0.0526. The number of rotatable bonds is 3. The summed E-state index contributed by atoms with van der Waals surface area (Å²) in [6.07, 6.45) is 0. The summed E-state index contributed by atoms with van der Waals surface area (Å²) in [5.41, 5.74) is 4.25. The summed E-state index contributed by atoms with van der Waals surface area (Å²) >= 11 is 1.66. The molecule has 26 heavy (non-hydrogen) atoms. The lowest BCUT2D eigenvalue weighted by Crippen LogP contribution is -2.05.